The fourth-order valence-corrected chi connectivity index (χ4v) is 4.21. The molecule has 1 N–H and O–H groups in total. The Kier molecular flexibility index (Phi) is 6.17. The number of carbonyl (C=O) groups excluding carboxylic acids is 1. The molecule has 1 aromatic carbocycles. The lowest BCUT2D eigenvalue weighted by Crippen LogP contribution is -2.48. The monoisotopic (exact) mass is 394 g/mol. The van der Waals surface area contributed by atoms with Crippen LogP contribution in [0, 0.1) is 0 Å². The van der Waals surface area contributed by atoms with Crippen molar-refractivity contribution >= 4 is 17.4 Å². The third-order valence-electron chi connectivity index (χ3n) is 5.97. The predicted molar refractivity (Wildman–Crippen MR) is 116 cm³/mol. The van der Waals surface area contributed by atoms with E-state index in [1.165, 1.54) is 32.1 Å². The number of anilines is 2. The second-order valence-corrected chi connectivity index (χ2v) is 7.89. The zero-order chi connectivity index (χ0) is 20.1. The summed E-state index contributed by atoms with van der Waals surface area (Å²) < 4.78 is 5.22. The van der Waals surface area contributed by atoms with Crippen molar-refractivity contribution in [1.82, 2.24) is 9.88 Å². The van der Waals surface area contributed by atoms with Gasteiger partial charge in [0.15, 0.2) is 0 Å². The summed E-state index contributed by atoms with van der Waals surface area (Å²) in [5, 5.41) is 3.51. The zero-order valence-electron chi connectivity index (χ0n) is 17.1. The predicted octanol–water partition coefficient (Wildman–Crippen LogP) is 3.80. The van der Waals surface area contributed by atoms with E-state index in [-0.39, 0.29) is 5.91 Å². The minimum absolute atomic E-state index is 0.0658. The van der Waals surface area contributed by atoms with E-state index < -0.39 is 0 Å². The Bertz CT molecular complexity index is 793. The minimum Gasteiger partial charge on any atom is -0.497 e. The van der Waals surface area contributed by atoms with E-state index in [1.54, 1.807) is 13.3 Å². The van der Waals surface area contributed by atoms with Crippen molar-refractivity contribution < 1.29 is 9.53 Å². The summed E-state index contributed by atoms with van der Waals surface area (Å²) in [7, 11) is 1.67. The standard InChI is InChI=1S/C23H30N4O2/c1-29-21-10-8-20(9-11-21)26-13-15-27(16-14-26)23(28)18-7-12-22(24-17-18)25-19-5-3-2-4-6-19/h7-12,17,19H,2-6,13-16H2,1H3,(H,24,25). The maximum atomic E-state index is 12.9. The van der Waals surface area contributed by atoms with Crippen LogP contribution in [0.25, 0.3) is 0 Å². The highest BCUT2D eigenvalue weighted by atomic mass is 16.5. The van der Waals surface area contributed by atoms with E-state index >= 15 is 0 Å². The zero-order valence-corrected chi connectivity index (χ0v) is 17.1. The molecule has 1 saturated heterocycles. The van der Waals surface area contributed by atoms with E-state index in [4.69, 9.17) is 4.74 Å². The molecule has 0 bridgehead atoms. The van der Waals surface area contributed by atoms with Gasteiger partial charge in [-0.1, -0.05) is 19.3 Å². The summed E-state index contributed by atoms with van der Waals surface area (Å²) in [4.78, 5) is 21.6. The fourth-order valence-electron chi connectivity index (χ4n) is 4.21. The molecule has 2 heterocycles. The Balaban J connectivity index is 1.30. The summed E-state index contributed by atoms with van der Waals surface area (Å²) in [5.41, 5.74) is 1.83. The average Bonchev–Trinajstić information content (AvgIpc) is 2.80. The van der Waals surface area contributed by atoms with Gasteiger partial charge in [-0.3, -0.25) is 4.79 Å². The van der Waals surface area contributed by atoms with Gasteiger partial charge in [0.2, 0.25) is 0 Å². The maximum Gasteiger partial charge on any atom is 0.255 e. The van der Waals surface area contributed by atoms with Gasteiger partial charge in [-0.2, -0.15) is 0 Å². The van der Waals surface area contributed by atoms with Gasteiger partial charge in [-0.05, 0) is 49.2 Å². The number of methoxy groups -OCH3 is 1. The van der Waals surface area contributed by atoms with Gasteiger partial charge >= 0.3 is 0 Å². The molecule has 1 saturated carbocycles. The number of amides is 1. The minimum atomic E-state index is 0.0658. The molecule has 6 heteroatoms. The first-order valence-electron chi connectivity index (χ1n) is 10.6. The first-order chi connectivity index (χ1) is 14.2. The maximum absolute atomic E-state index is 12.9. The number of hydrogen-bond acceptors (Lipinski definition) is 5. The van der Waals surface area contributed by atoms with Gasteiger partial charge in [-0.15, -0.1) is 0 Å². The molecule has 0 atom stereocenters. The van der Waals surface area contributed by atoms with Crippen LogP contribution >= 0.6 is 0 Å². The van der Waals surface area contributed by atoms with Crippen molar-refractivity contribution in [1.29, 1.82) is 0 Å². The molecule has 0 spiro atoms. The van der Waals surface area contributed by atoms with Crippen LogP contribution in [-0.4, -0.2) is 55.1 Å². The Morgan fingerprint density at radius 1 is 1.00 bits per heavy atom. The highest BCUT2D eigenvalue weighted by Crippen LogP contribution is 2.22. The Hall–Kier alpha value is -2.76. The molecule has 4 rings (SSSR count). The summed E-state index contributed by atoms with van der Waals surface area (Å²) in [6.07, 6.45) is 8.04. The van der Waals surface area contributed by atoms with Gasteiger partial charge in [-0.25, -0.2) is 4.98 Å². The van der Waals surface area contributed by atoms with Crippen LogP contribution in [0.4, 0.5) is 11.5 Å². The number of pyridine rings is 1. The number of piperazine rings is 1. The summed E-state index contributed by atoms with van der Waals surface area (Å²) in [6, 6.07) is 12.4. The molecular weight excluding hydrogens is 364 g/mol. The van der Waals surface area contributed by atoms with Crippen molar-refractivity contribution in [3.05, 3.63) is 48.2 Å². The molecule has 2 aromatic rings. The summed E-state index contributed by atoms with van der Waals surface area (Å²) in [6.45, 7) is 3.08. The molecule has 0 radical (unpaired) electrons. The van der Waals surface area contributed by atoms with Crippen LogP contribution < -0.4 is 15.0 Å². The number of carbonyl (C=O) groups is 1. The quantitative estimate of drug-likeness (QED) is 0.836. The van der Waals surface area contributed by atoms with Crippen molar-refractivity contribution in [2.45, 2.75) is 38.1 Å². The average molecular weight is 395 g/mol. The van der Waals surface area contributed by atoms with Gasteiger partial charge in [0.1, 0.15) is 11.6 Å². The molecule has 154 valence electrons. The molecule has 29 heavy (non-hydrogen) atoms. The topological polar surface area (TPSA) is 57.7 Å². The van der Waals surface area contributed by atoms with E-state index in [0.717, 1.165) is 30.3 Å². The smallest absolute Gasteiger partial charge is 0.255 e. The number of rotatable bonds is 5. The fraction of sp³-hybridized carbons (Fsp3) is 0.478. The Morgan fingerprint density at radius 3 is 2.34 bits per heavy atom. The van der Waals surface area contributed by atoms with Gasteiger partial charge in [0.05, 0.1) is 12.7 Å². The Labute approximate surface area is 172 Å². The van der Waals surface area contributed by atoms with Gasteiger partial charge in [0, 0.05) is 44.1 Å². The third-order valence-corrected chi connectivity index (χ3v) is 5.97. The van der Waals surface area contributed by atoms with Crippen molar-refractivity contribution in [2.24, 2.45) is 0 Å². The first kappa shape index (κ1) is 19.6. The lowest BCUT2D eigenvalue weighted by molar-refractivity contribution is 0.0746. The van der Waals surface area contributed by atoms with E-state index in [0.29, 0.717) is 24.7 Å². The van der Waals surface area contributed by atoms with Crippen molar-refractivity contribution in [3.8, 4) is 5.75 Å². The highest BCUT2D eigenvalue weighted by molar-refractivity contribution is 5.94. The largest absolute Gasteiger partial charge is 0.497 e. The first-order valence-corrected chi connectivity index (χ1v) is 10.6. The number of ether oxygens (including phenoxy) is 1. The van der Waals surface area contributed by atoms with E-state index in [2.05, 4.69) is 27.3 Å². The van der Waals surface area contributed by atoms with Crippen molar-refractivity contribution in [2.75, 3.05) is 43.5 Å². The lowest BCUT2D eigenvalue weighted by atomic mass is 9.95. The summed E-state index contributed by atoms with van der Waals surface area (Å²) in [5.74, 6) is 1.80. The van der Waals surface area contributed by atoms with Crippen LogP contribution in [0.15, 0.2) is 42.6 Å². The molecule has 1 aliphatic carbocycles. The van der Waals surface area contributed by atoms with Crippen LogP contribution in [0.3, 0.4) is 0 Å². The SMILES string of the molecule is COc1ccc(N2CCN(C(=O)c3ccc(NC4CCCCC4)nc3)CC2)cc1. The molecule has 2 fully saturated rings. The number of nitrogens with zero attached hydrogens (tertiary/aromatic N) is 3. The van der Waals surface area contributed by atoms with Gasteiger partial charge in [0.25, 0.3) is 5.91 Å². The second-order valence-electron chi connectivity index (χ2n) is 7.89. The highest BCUT2D eigenvalue weighted by Gasteiger charge is 2.23. The van der Waals surface area contributed by atoms with Crippen LogP contribution in [0.2, 0.25) is 0 Å². The third kappa shape index (κ3) is 4.81. The molecule has 6 nitrogen and oxygen atoms in total. The van der Waals surface area contributed by atoms with Crippen LogP contribution in [0.1, 0.15) is 42.5 Å². The lowest BCUT2D eigenvalue weighted by Gasteiger charge is -2.36. The molecule has 1 aromatic heterocycles. The number of hydrogen-bond donors (Lipinski definition) is 1. The van der Waals surface area contributed by atoms with Crippen LogP contribution in [-0.2, 0) is 0 Å². The Morgan fingerprint density at radius 2 is 1.72 bits per heavy atom. The summed E-state index contributed by atoms with van der Waals surface area (Å²) >= 11 is 0. The number of benzene rings is 1. The molecular formula is C23H30N4O2. The number of nitrogens with one attached hydrogen (secondary N) is 1. The number of aromatic nitrogens is 1. The second kappa shape index (κ2) is 9.16. The van der Waals surface area contributed by atoms with E-state index in [1.807, 2.05) is 29.2 Å². The molecule has 1 amide bonds. The van der Waals surface area contributed by atoms with Crippen LogP contribution in [0.5, 0.6) is 5.75 Å². The molecule has 2 aliphatic rings. The van der Waals surface area contributed by atoms with E-state index in [9.17, 15) is 4.79 Å². The molecule has 1 aliphatic heterocycles. The molecule has 0 unspecified atom stereocenters. The van der Waals surface area contributed by atoms with Crippen molar-refractivity contribution in [3.63, 3.8) is 0 Å². The van der Waals surface area contributed by atoms with Gasteiger partial charge < -0.3 is 19.9 Å². The normalized spacial score (nSPS) is 17.8.